The van der Waals surface area contributed by atoms with Crippen LogP contribution in [-0.4, -0.2) is 75.3 Å². The highest BCUT2D eigenvalue weighted by atomic mass is 32.2. The maximum Gasteiger partial charge on any atom is 0.419 e. The van der Waals surface area contributed by atoms with Gasteiger partial charge in [0.05, 0.1) is 30.3 Å². The van der Waals surface area contributed by atoms with E-state index in [4.69, 9.17) is 4.74 Å². The van der Waals surface area contributed by atoms with Crippen molar-refractivity contribution in [2.45, 2.75) is 51.2 Å². The molecule has 1 aromatic heterocycles. The highest BCUT2D eigenvalue weighted by Crippen LogP contribution is 2.39. The van der Waals surface area contributed by atoms with Crippen molar-refractivity contribution in [2.75, 3.05) is 56.8 Å². The summed E-state index contributed by atoms with van der Waals surface area (Å²) in [7, 11) is -0.449. The quantitative estimate of drug-likeness (QED) is 0.470. The Kier molecular flexibility index (Phi) is 8.91. The van der Waals surface area contributed by atoms with E-state index < -0.39 is 21.8 Å². The summed E-state index contributed by atoms with van der Waals surface area (Å²) in [6, 6.07) is 3.50. The van der Waals surface area contributed by atoms with Crippen LogP contribution in [0, 0.1) is 5.92 Å². The average molecular weight is 571 g/mol. The van der Waals surface area contributed by atoms with Crippen molar-refractivity contribution >= 4 is 27.3 Å². The molecule has 0 amide bonds. The predicted octanol–water partition coefficient (Wildman–Crippen LogP) is 3.82. The van der Waals surface area contributed by atoms with Gasteiger partial charge >= 0.3 is 6.18 Å². The Hall–Kier alpha value is -2.64. The zero-order chi connectivity index (χ0) is 28.4. The Labute approximate surface area is 228 Å². The molecule has 13 heteroatoms. The fourth-order valence-electron chi connectivity index (χ4n) is 5.58. The molecule has 216 valence electrons. The Morgan fingerprint density at radius 1 is 1.23 bits per heavy atom. The van der Waals surface area contributed by atoms with Crippen LogP contribution >= 0.6 is 0 Å². The molecule has 1 saturated carbocycles. The Bertz CT molecular complexity index is 1270. The zero-order valence-electron chi connectivity index (χ0n) is 22.8. The SMILES string of the molecule is CCc1cc(Nc2ncc(C(F)(F)F)c(C[C@@H]3CCCC3N(C)S(C)(=O)=O)n2)c(OC)cc1N1CCNCC1. The van der Waals surface area contributed by atoms with E-state index >= 15 is 0 Å². The van der Waals surface area contributed by atoms with Gasteiger partial charge in [-0.2, -0.15) is 13.2 Å². The minimum Gasteiger partial charge on any atom is -0.494 e. The van der Waals surface area contributed by atoms with Crippen LogP contribution < -0.4 is 20.3 Å². The number of aromatic nitrogens is 2. The molecule has 39 heavy (non-hydrogen) atoms. The Balaban J connectivity index is 1.66. The van der Waals surface area contributed by atoms with Crippen molar-refractivity contribution in [2.24, 2.45) is 5.92 Å². The third kappa shape index (κ3) is 6.75. The number of sulfonamides is 1. The molecule has 2 fully saturated rings. The van der Waals surface area contributed by atoms with Gasteiger partial charge in [0.2, 0.25) is 16.0 Å². The van der Waals surface area contributed by atoms with Crippen molar-refractivity contribution in [3.8, 4) is 5.75 Å². The summed E-state index contributed by atoms with van der Waals surface area (Å²) >= 11 is 0. The van der Waals surface area contributed by atoms with E-state index in [1.54, 1.807) is 7.11 Å². The molecule has 1 unspecified atom stereocenters. The number of halogens is 3. The van der Waals surface area contributed by atoms with E-state index in [9.17, 15) is 21.6 Å². The Morgan fingerprint density at radius 2 is 1.95 bits per heavy atom. The van der Waals surface area contributed by atoms with Crippen molar-refractivity contribution < 1.29 is 26.3 Å². The maximum absolute atomic E-state index is 13.9. The molecule has 2 aromatic rings. The van der Waals surface area contributed by atoms with Crippen LogP contribution in [0.15, 0.2) is 18.3 Å². The molecule has 0 bridgehead atoms. The third-order valence-corrected chi connectivity index (χ3v) is 9.04. The molecular weight excluding hydrogens is 533 g/mol. The minimum absolute atomic E-state index is 0.00412. The smallest absolute Gasteiger partial charge is 0.419 e. The van der Waals surface area contributed by atoms with E-state index in [0.717, 1.165) is 62.7 Å². The monoisotopic (exact) mass is 570 g/mol. The van der Waals surface area contributed by atoms with Crippen LogP contribution in [0.5, 0.6) is 5.75 Å². The van der Waals surface area contributed by atoms with Crippen LogP contribution in [0.25, 0.3) is 0 Å². The fourth-order valence-corrected chi connectivity index (χ4v) is 6.35. The van der Waals surface area contributed by atoms with Crippen molar-refractivity contribution in [3.05, 3.63) is 35.2 Å². The van der Waals surface area contributed by atoms with Gasteiger partial charge in [-0.3, -0.25) is 0 Å². The predicted molar refractivity (Wildman–Crippen MR) is 145 cm³/mol. The highest BCUT2D eigenvalue weighted by Gasteiger charge is 2.39. The van der Waals surface area contributed by atoms with Crippen LogP contribution in [0.2, 0.25) is 0 Å². The Morgan fingerprint density at radius 3 is 2.56 bits per heavy atom. The number of nitrogens with zero attached hydrogens (tertiary/aromatic N) is 4. The molecule has 2 aliphatic rings. The molecule has 2 heterocycles. The number of anilines is 3. The molecule has 1 aliphatic heterocycles. The van der Waals surface area contributed by atoms with Crippen LogP contribution in [0.1, 0.15) is 43.0 Å². The zero-order valence-corrected chi connectivity index (χ0v) is 23.6. The van der Waals surface area contributed by atoms with Crippen molar-refractivity contribution in [1.82, 2.24) is 19.6 Å². The summed E-state index contributed by atoms with van der Waals surface area (Å²) in [6.45, 7) is 5.55. The lowest BCUT2D eigenvalue weighted by molar-refractivity contribution is -0.138. The summed E-state index contributed by atoms with van der Waals surface area (Å²) in [5.41, 5.74) is 1.65. The standard InChI is InChI=1S/C26H37F3N6O3S/c1-5-17-13-21(24(38-3)15-23(17)35-11-9-30-10-12-35)33-25-31-16-19(26(27,28)29)20(32-25)14-18-7-6-8-22(18)34(2)39(4,36)37/h13,15-16,18,22,30H,5-12,14H2,1-4H3,(H,31,32,33)/t18-,22?/m0/s1. The number of rotatable bonds is 9. The molecule has 9 nitrogen and oxygen atoms in total. The largest absolute Gasteiger partial charge is 0.494 e. The first-order valence-corrected chi connectivity index (χ1v) is 15.1. The number of methoxy groups -OCH3 is 1. The highest BCUT2D eigenvalue weighted by molar-refractivity contribution is 7.88. The van der Waals surface area contributed by atoms with Gasteiger partial charge in [-0.05, 0) is 43.2 Å². The summed E-state index contributed by atoms with van der Waals surface area (Å²) in [5.74, 6) is 0.281. The molecule has 1 aromatic carbocycles. The number of aryl methyl sites for hydroxylation is 1. The van der Waals surface area contributed by atoms with Crippen molar-refractivity contribution in [3.63, 3.8) is 0 Å². The number of benzene rings is 1. The van der Waals surface area contributed by atoms with Crippen molar-refractivity contribution in [1.29, 1.82) is 0 Å². The van der Waals surface area contributed by atoms with Gasteiger partial charge in [0, 0.05) is 57.2 Å². The number of ether oxygens (including phenoxy) is 1. The lowest BCUT2D eigenvalue weighted by atomic mass is 9.95. The third-order valence-electron chi connectivity index (χ3n) is 7.72. The number of hydrogen-bond acceptors (Lipinski definition) is 8. The van der Waals surface area contributed by atoms with E-state index in [2.05, 4.69) is 32.4 Å². The van der Waals surface area contributed by atoms with E-state index in [1.807, 2.05) is 12.1 Å². The second-order valence-electron chi connectivity index (χ2n) is 10.2. The van der Waals surface area contributed by atoms with E-state index in [-0.39, 0.29) is 30.0 Å². The number of nitrogens with one attached hydrogen (secondary N) is 2. The van der Waals surface area contributed by atoms with Gasteiger partial charge in [-0.15, -0.1) is 0 Å². The summed E-state index contributed by atoms with van der Waals surface area (Å²) in [5, 5.41) is 6.42. The van der Waals surface area contributed by atoms with Crippen LogP contribution in [0.4, 0.5) is 30.5 Å². The average Bonchev–Trinajstić information content (AvgIpc) is 3.35. The molecular formula is C26H37F3N6O3S. The maximum atomic E-state index is 13.9. The second kappa shape index (κ2) is 11.8. The molecule has 0 spiro atoms. The van der Waals surface area contributed by atoms with Gasteiger partial charge in [-0.1, -0.05) is 13.3 Å². The fraction of sp³-hybridized carbons (Fsp3) is 0.615. The van der Waals surface area contributed by atoms with Crippen LogP contribution in [-0.2, 0) is 29.0 Å². The molecule has 1 aliphatic carbocycles. The lowest BCUT2D eigenvalue weighted by Crippen LogP contribution is -2.43. The first-order chi connectivity index (χ1) is 18.4. The van der Waals surface area contributed by atoms with Gasteiger partial charge in [0.25, 0.3) is 0 Å². The summed E-state index contributed by atoms with van der Waals surface area (Å²) in [4.78, 5) is 10.6. The molecule has 2 atom stereocenters. The number of alkyl halides is 3. The van der Waals surface area contributed by atoms with Crippen LogP contribution in [0.3, 0.4) is 0 Å². The molecule has 4 rings (SSSR count). The molecule has 2 N–H and O–H groups in total. The van der Waals surface area contributed by atoms with Gasteiger partial charge < -0.3 is 20.3 Å². The molecule has 0 radical (unpaired) electrons. The normalized spacial score (nSPS) is 20.5. The first-order valence-electron chi connectivity index (χ1n) is 13.2. The number of hydrogen-bond donors (Lipinski definition) is 2. The van der Waals surface area contributed by atoms with Gasteiger partial charge in [-0.25, -0.2) is 22.7 Å². The number of piperazine rings is 1. The first kappa shape index (κ1) is 29.3. The summed E-state index contributed by atoms with van der Waals surface area (Å²) in [6.07, 6.45) is -0.00745. The molecule has 1 saturated heterocycles. The lowest BCUT2D eigenvalue weighted by Gasteiger charge is -2.32. The van der Waals surface area contributed by atoms with Gasteiger partial charge in [0.1, 0.15) is 5.75 Å². The second-order valence-corrected chi connectivity index (χ2v) is 12.2. The van der Waals surface area contributed by atoms with E-state index in [0.29, 0.717) is 24.3 Å². The summed E-state index contributed by atoms with van der Waals surface area (Å²) < 4.78 is 73.0. The topological polar surface area (TPSA) is 99.7 Å². The van der Waals surface area contributed by atoms with E-state index in [1.165, 1.54) is 11.4 Å². The minimum atomic E-state index is -4.64. The van der Waals surface area contributed by atoms with Gasteiger partial charge in [0.15, 0.2) is 0 Å².